The molecule has 2 atom stereocenters. The summed E-state index contributed by atoms with van der Waals surface area (Å²) in [7, 11) is 0. The molecule has 2 amide bonds. The van der Waals surface area contributed by atoms with Gasteiger partial charge < -0.3 is 68.0 Å². The largest absolute Gasteiger partial charge is 0.503 e. The SMILES string of the molecule is CC(=O)c1cn2c(Cc3ccccc3)cn(CCO)c(=O)c2c(OCc2ccccc2)c1=O.O=C(O)c1cn2c(c(O)c1=O)C(=O)N(CCO)CC2Cc1ccccc1.O=C(O)c1cn2c(c(OCc3ccccc3)c1=O)C(=O)N(CCO)CC2Cc1ccccc1. The van der Waals surface area contributed by atoms with Gasteiger partial charge in [-0.3, -0.25) is 33.6 Å². The average Bonchev–Trinajstić information content (AvgIpc) is 0.770. The highest BCUT2D eigenvalue weighted by Gasteiger charge is 2.38. The van der Waals surface area contributed by atoms with E-state index in [2.05, 4.69) is 0 Å². The maximum absolute atomic E-state index is 13.3. The van der Waals surface area contributed by atoms with E-state index in [-0.39, 0.29) is 112 Å². The van der Waals surface area contributed by atoms with Crippen LogP contribution in [0.2, 0.25) is 0 Å². The number of carboxylic acids is 2. The van der Waals surface area contributed by atoms with E-state index in [1.54, 1.807) is 15.2 Å². The second-order valence-electron chi connectivity index (χ2n) is 21.7. The van der Waals surface area contributed by atoms with Gasteiger partial charge in [0, 0.05) is 69.6 Å². The topological polar surface area (TPSA) is 319 Å². The van der Waals surface area contributed by atoms with Gasteiger partial charge in [-0.1, -0.05) is 152 Å². The Morgan fingerprint density at radius 3 is 1.33 bits per heavy atom. The van der Waals surface area contributed by atoms with Crippen molar-refractivity contribution in [1.29, 1.82) is 0 Å². The molecule has 0 fully saturated rings. The number of aliphatic hydroxyl groups is 3. The molecule has 23 nitrogen and oxygen atoms in total. The number of nitrogens with zero attached hydrogens (tertiary/aromatic N) is 6. The molecule has 0 saturated carbocycles. The number of carbonyl (C=O) groups is 5. The van der Waals surface area contributed by atoms with E-state index in [4.69, 9.17) is 9.47 Å². The summed E-state index contributed by atoms with van der Waals surface area (Å²) in [5.41, 5.74) is 0.866. The van der Waals surface area contributed by atoms with Crippen molar-refractivity contribution >= 4 is 35.1 Å². The predicted octanol–water partition coefficient (Wildman–Crippen LogP) is 5.67. The van der Waals surface area contributed by atoms with E-state index in [9.17, 15) is 73.8 Å². The lowest BCUT2D eigenvalue weighted by Gasteiger charge is -2.36. The number of β-amino-alcohol motifs (C(OH)–C–C–N with tert-alkyl or cyclic N) is 2. The molecule has 0 aliphatic carbocycles. The van der Waals surface area contributed by atoms with Crippen LogP contribution in [0.3, 0.4) is 0 Å². The lowest BCUT2D eigenvalue weighted by Crippen LogP contribution is -2.46. The summed E-state index contributed by atoms with van der Waals surface area (Å²) in [6, 6.07) is 46.2. The van der Waals surface area contributed by atoms with Crippen molar-refractivity contribution in [1.82, 2.24) is 27.9 Å². The van der Waals surface area contributed by atoms with Gasteiger partial charge in [-0.15, -0.1) is 0 Å². The Kier molecular flexibility index (Phi) is 21.3. The number of aromatic carboxylic acids is 2. The maximum Gasteiger partial charge on any atom is 0.341 e. The average molecular weight is 1250 g/mol. The molecular formula is C69H66N6O17. The number of rotatable bonds is 21. The van der Waals surface area contributed by atoms with Crippen molar-refractivity contribution < 1.29 is 64.1 Å². The Balaban J connectivity index is 0.000000164. The fourth-order valence-corrected chi connectivity index (χ4v) is 11.0. The fraction of sp³-hybridized carbons (Fsp3) is 0.232. The van der Waals surface area contributed by atoms with Crippen molar-refractivity contribution in [2.75, 3.05) is 46.0 Å². The zero-order valence-corrected chi connectivity index (χ0v) is 49.9. The molecule has 0 spiro atoms. The van der Waals surface area contributed by atoms with Crippen LogP contribution in [0.1, 0.15) is 105 Å². The van der Waals surface area contributed by atoms with E-state index >= 15 is 0 Å². The summed E-state index contributed by atoms with van der Waals surface area (Å²) in [6.45, 7) is 1.35. The Morgan fingerprint density at radius 1 is 0.478 bits per heavy atom. The molecule has 0 bridgehead atoms. The van der Waals surface area contributed by atoms with Crippen molar-refractivity contribution in [2.24, 2.45) is 0 Å². The van der Waals surface area contributed by atoms with Gasteiger partial charge in [0.15, 0.2) is 39.9 Å². The molecule has 9 aromatic rings. The van der Waals surface area contributed by atoms with E-state index in [1.807, 2.05) is 152 Å². The summed E-state index contributed by atoms with van der Waals surface area (Å²) in [5.74, 6) is -5.70. The van der Waals surface area contributed by atoms with Gasteiger partial charge in [0.25, 0.3) is 17.4 Å². The number of carbonyl (C=O) groups excluding carboxylic acids is 3. The van der Waals surface area contributed by atoms with Gasteiger partial charge >= 0.3 is 11.9 Å². The number of fused-ring (bicyclic) bond motifs is 3. The highest BCUT2D eigenvalue weighted by molar-refractivity contribution is 5.99. The van der Waals surface area contributed by atoms with Crippen molar-refractivity contribution in [3.63, 3.8) is 0 Å². The minimum absolute atomic E-state index is 0.00145. The summed E-state index contributed by atoms with van der Waals surface area (Å²) in [4.78, 5) is 116. The van der Waals surface area contributed by atoms with Crippen LogP contribution >= 0.6 is 0 Å². The van der Waals surface area contributed by atoms with Crippen LogP contribution in [-0.2, 0) is 39.0 Å². The van der Waals surface area contributed by atoms with Gasteiger partial charge in [0.2, 0.25) is 16.3 Å². The molecule has 5 aromatic carbocycles. The van der Waals surface area contributed by atoms with Crippen LogP contribution in [-0.4, -0.2) is 134 Å². The number of aromatic nitrogens is 4. The molecule has 6 heterocycles. The smallest absolute Gasteiger partial charge is 0.341 e. The second kappa shape index (κ2) is 30.0. The number of aromatic hydroxyl groups is 1. The molecule has 2 unspecified atom stereocenters. The van der Waals surface area contributed by atoms with Crippen LogP contribution in [0.5, 0.6) is 17.2 Å². The van der Waals surface area contributed by atoms with E-state index in [0.717, 1.165) is 34.0 Å². The quantitative estimate of drug-likeness (QED) is 0.0472. The maximum atomic E-state index is 13.3. The summed E-state index contributed by atoms with van der Waals surface area (Å²) < 4.78 is 17.5. The highest BCUT2D eigenvalue weighted by Crippen LogP contribution is 2.32. The molecule has 474 valence electrons. The normalized spacial score (nSPS) is 14.0. The monoisotopic (exact) mass is 1250 g/mol. The third kappa shape index (κ3) is 14.8. The molecule has 0 radical (unpaired) electrons. The van der Waals surface area contributed by atoms with Crippen LogP contribution in [0.25, 0.3) is 5.52 Å². The van der Waals surface area contributed by atoms with Crippen LogP contribution in [0.15, 0.2) is 196 Å². The highest BCUT2D eigenvalue weighted by atomic mass is 16.5. The lowest BCUT2D eigenvalue weighted by molar-refractivity contribution is 0.0608. The van der Waals surface area contributed by atoms with Crippen LogP contribution in [0, 0.1) is 0 Å². The Bertz CT molecular complexity index is 4400. The van der Waals surface area contributed by atoms with Crippen molar-refractivity contribution in [3.8, 4) is 17.2 Å². The van der Waals surface area contributed by atoms with Crippen molar-refractivity contribution in [3.05, 3.63) is 279 Å². The summed E-state index contributed by atoms with van der Waals surface area (Å²) in [5, 5.41) is 57.2. The number of pyridine rings is 3. The molecule has 23 heteroatoms. The first-order valence-corrected chi connectivity index (χ1v) is 29.4. The van der Waals surface area contributed by atoms with Crippen LogP contribution < -0.4 is 31.3 Å². The summed E-state index contributed by atoms with van der Waals surface area (Å²) in [6.07, 6.45) is 6.82. The Hall–Kier alpha value is -11.0. The zero-order chi connectivity index (χ0) is 65.6. The van der Waals surface area contributed by atoms with Gasteiger partial charge in [0.1, 0.15) is 24.3 Å². The minimum Gasteiger partial charge on any atom is -0.503 e. The number of ketones is 1. The number of aliphatic hydroxyl groups excluding tert-OH is 3. The fourth-order valence-electron chi connectivity index (χ4n) is 11.0. The molecule has 92 heavy (non-hydrogen) atoms. The summed E-state index contributed by atoms with van der Waals surface area (Å²) >= 11 is 0. The second-order valence-corrected chi connectivity index (χ2v) is 21.7. The molecule has 2 aliphatic rings. The van der Waals surface area contributed by atoms with Gasteiger partial charge in [0.05, 0.1) is 37.5 Å². The van der Waals surface area contributed by atoms with Gasteiger partial charge in [-0.2, -0.15) is 0 Å². The van der Waals surface area contributed by atoms with Gasteiger partial charge in [-0.25, -0.2) is 9.59 Å². The number of amides is 2. The predicted molar refractivity (Wildman–Crippen MR) is 337 cm³/mol. The molecular weight excluding hydrogens is 1180 g/mol. The Labute approximate surface area is 525 Å². The third-order valence-corrected chi connectivity index (χ3v) is 15.5. The number of ether oxygens (including phenoxy) is 2. The third-order valence-electron chi connectivity index (χ3n) is 15.5. The standard InChI is InChI=1S/C26H24N2O5.C25H24N2O6.C18H18N2O6/c1-18(30)22-16-28-21(14-19-8-4-2-5-9-19)15-27(12-13-29)26(32)23(28)25(24(22)31)33-17-20-10-6-3-7-11-20;28-12-11-26-14-19(13-17-7-3-1-4-8-17)27-15-20(25(31)32)22(29)23(21(27)24(26)30)33-16-18-9-5-2-6-10-18;21-7-6-19-9-12(8-11-4-2-1-3-5-11)20-10-13(18(25)26)15(22)16(23)14(20)17(19)24/h2-11,15-16,29H,12-14,17H2,1H3;1-10,15,19,28H,11-14,16H2,(H,31,32);1-5,10,12,21,23H,6-9H2,(H,25,26). The first-order valence-electron chi connectivity index (χ1n) is 29.4. The lowest BCUT2D eigenvalue weighted by atomic mass is 10.0. The van der Waals surface area contributed by atoms with Crippen LogP contribution in [0.4, 0.5) is 0 Å². The molecule has 11 rings (SSSR count). The Morgan fingerprint density at radius 2 is 0.880 bits per heavy atom. The van der Waals surface area contributed by atoms with Gasteiger partial charge in [-0.05, 0) is 47.6 Å². The van der Waals surface area contributed by atoms with E-state index < -0.39 is 68.3 Å². The van der Waals surface area contributed by atoms with E-state index in [1.165, 1.54) is 38.3 Å². The van der Waals surface area contributed by atoms with Crippen molar-refractivity contribution in [2.45, 2.75) is 58.0 Å². The molecule has 2 aliphatic heterocycles. The first-order chi connectivity index (χ1) is 44.4. The zero-order valence-electron chi connectivity index (χ0n) is 49.9. The number of benzene rings is 5. The molecule has 4 aromatic heterocycles. The number of Topliss-reactive ketones (excluding diaryl/α,β-unsaturated/α-hetero) is 1. The van der Waals surface area contributed by atoms with E-state index in [0.29, 0.717) is 25.0 Å². The number of carboxylic acid groups (broad SMARTS) is 2. The number of hydrogen-bond acceptors (Lipinski definition) is 15. The first kappa shape index (κ1) is 65.4. The molecule has 0 saturated heterocycles. The number of hydrogen-bond donors (Lipinski definition) is 6. The molecule has 6 N–H and O–H groups in total. The minimum atomic E-state index is -1.47.